The zero-order chi connectivity index (χ0) is 16.9. The average Bonchev–Trinajstić information content (AvgIpc) is 2.62. The summed E-state index contributed by atoms with van der Waals surface area (Å²) in [6, 6.07) is 1.28. The van der Waals surface area contributed by atoms with Crippen molar-refractivity contribution in [2.45, 2.75) is 26.2 Å². The Hall–Kier alpha value is -1.79. The fourth-order valence-electron chi connectivity index (χ4n) is 2.75. The van der Waals surface area contributed by atoms with Crippen LogP contribution in [-0.4, -0.2) is 34.7 Å². The van der Waals surface area contributed by atoms with Crippen LogP contribution in [0.3, 0.4) is 0 Å². The summed E-state index contributed by atoms with van der Waals surface area (Å²) in [5.74, 6) is 0.781. The third-order valence-corrected chi connectivity index (χ3v) is 4.48. The maximum atomic E-state index is 13.4. The molecule has 0 radical (unpaired) electrons. The van der Waals surface area contributed by atoms with Gasteiger partial charge in [-0.1, -0.05) is 18.5 Å². The molecule has 0 amide bonds. The van der Waals surface area contributed by atoms with Crippen LogP contribution in [-0.2, 0) is 11.2 Å². The van der Waals surface area contributed by atoms with Crippen LogP contribution < -0.4 is 5.32 Å². The summed E-state index contributed by atoms with van der Waals surface area (Å²) >= 11 is 6.10. The van der Waals surface area contributed by atoms with E-state index < -0.39 is 5.95 Å². The number of aromatic nitrogens is 3. The van der Waals surface area contributed by atoms with Crippen LogP contribution in [0.4, 0.5) is 10.2 Å². The summed E-state index contributed by atoms with van der Waals surface area (Å²) in [5, 5.41) is 3.75. The van der Waals surface area contributed by atoms with E-state index in [4.69, 9.17) is 16.3 Å². The van der Waals surface area contributed by atoms with Gasteiger partial charge in [0.05, 0.1) is 22.6 Å². The molecule has 3 heterocycles. The fraction of sp³-hybridized carbons (Fsp3) is 0.471. The standard InChI is InChI=1S/C17H20ClFN4O/c1-2-14-17(21-8-11-3-5-24-6-4-11)22-10-15(23-14)12-7-16(19)20-9-13(12)18/h7,9-11H,2-6,8H2,1H3,(H,21,22). The topological polar surface area (TPSA) is 59.9 Å². The molecule has 2 aromatic rings. The molecule has 3 rings (SSSR count). The van der Waals surface area contributed by atoms with E-state index in [9.17, 15) is 4.39 Å². The quantitative estimate of drug-likeness (QED) is 0.832. The second-order valence-electron chi connectivity index (χ2n) is 5.83. The van der Waals surface area contributed by atoms with Crippen LogP contribution in [0.15, 0.2) is 18.5 Å². The van der Waals surface area contributed by atoms with E-state index >= 15 is 0 Å². The third kappa shape index (κ3) is 3.99. The van der Waals surface area contributed by atoms with Crippen molar-refractivity contribution in [1.82, 2.24) is 15.0 Å². The summed E-state index contributed by atoms with van der Waals surface area (Å²) in [7, 11) is 0. The predicted molar refractivity (Wildman–Crippen MR) is 91.6 cm³/mol. The van der Waals surface area contributed by atoms with Gasteiger partial charge in [0.1, 0.15) is 5.82 Å². The lowest BCUT2D eigenvalue weighted by atomic mass is 10.0. The van der Waals surface area contributed by atoms with Gasteiger partial charge in [-0.05, 0) is 25.2 Å². The van der Waals surface area contributed by atoms with Gasteiger partial charge in [0.25, 0.3) is 0 Å². The number of aryl methyl sites for hydroxylation is 1. The summed E-state index contributed by atoms with van der Waals surface area (Å²) in [4.78, 5) is 12.6. The minimum Gasteiger partial charge on any atom is -0.381 e. The molecule has 2 aromatic heterocycles. The maximum absolute atomic E-state index is 13.4. The number of pyridine rings is 1. The van der Waals surface area contributed by atoms with Crippen molar-refractivity contribution in [3.8, 4) is 11.3 Å². The van der Waals surface area contributed by atoms with E-state index in [1.807, 2.05) is 6.92 Å². The highest BCUT2D eigenvalue weighted by atomic mass is 35.5. The van der Waals surface area contributed by atoms with Gasteiger partial charge in [0, 0.05) is 37.6 Å². The number of nitrogens with zero attached hydrogens (tertiary/aromatic N) is 3. The Morgan fingerprint density at radius 1 is 1.29 bits per heavy atom. The molecule has 24 heavy (non-hydrogen) atoms. The zero-order valence-electron chi connectivity index (χ0n) is 13.6. The van der Waals surface area contributed by atoms with Crippen LogP contribution in [0.25, 0.3) is 11.3 Å². The molecule has 1 aliphatic rings. The first-order chi connectivity index (χ1) is 11.7. The summed E-state index contributed by atoms with van der Waals surface area (Å²) in [6.07, 6.45) is 5.75. The minimum atomic E-state index is -0.587. The van der Waals surface area contributed by atoms with Crippen LogP contribution in [0.5, 0.6) is 0 Å². The molecule has 0 aliphatic carbocycles. The molecule has 0 spiro atoms. The van der Waals surface area contributed by atoms with Crippen molar-refractivity contribution in [2.24, 2.45) is 5.92 Å². The zero-order valence-corrected chi connectivity index (χ0v) is 14.3. The Bertz CT molecular complexity index is 707. The molecule has 1 fully saturated rings. The van der Waals surface area contributed by atoms with E-state index in [0.717, 1.165) is 50.5 Å². The molecule has 5 nitrogen and oxygen atoms in total. The number of hydrogen-bond acceptors (Lipinski definition) is 5. The van der Waals surface area contributed by atoms with Gasteiger partial charge < -0.3 is 10.1 Å². The number of halogens is 2. The van der Waals surface area contributed by atoms with Gasteiger partial charge in [-0.3, -0.25) is 0 Å². The molecule has 0 saturated carbocycles. The van der Waals surface area contributed by atoms with Crippen molar-refractivity contribution in [3.05, 3.63) is 35.1 Å². The van der Waals surface area contributed by atoms with Crippen molar-refractivity contribution in [2.75, 3.05) is 25.1 Å². The summed E-state index contributed by atoms with van der Waals surface area (Å²) < 4.78 is 18.8. The SMILES string of the molecule is CCc1nc(-c2cc(F)ncc2Cl)cnc1NCC1CCOCC1. The van der Waals surface area contributed by atoms with E-state index in [-0.39, 0.29) is 0 Å². The average molecular weight is 351 g/mol. The first kappa shape index (κ1) is 17.0. The number of rotatable bonds is 5. The van der Waals surface area contributed by atoms with Gasteiger partial charge in [0.2, 0.25) is 5.95 Å². The van der Waals surface area contributed by atoms with Crippen molar-refractivity contribution in [1.29, 1.82) is 0 Å². The highest BCUT2D eigenvalue weighted by molar-refractivity contribution is 6.33. The fourth-order valence-corrected chi connectivity index (χ4v) is 2.95. The first-order valence-electron chi connectivity index (χ1n) is 8.16. The van der Waals surface area contributed by atoms with Crippen LogP contribution in [0.1, 0.15) is 25.5 Å². The second kappa shape index (κ2) is 7.85. The second-order valence-corrected chi connectivity index (χ2v) is 6.23. The molecule has 0 atom stereocenters. The predicted octanol–water partition coefficient (Wildman–Crippen LogP) is 3.73. The lowest BCUT2D eigenvalue weighted by Gasteiger charge is -2.22. The molecule has 1 saturated heterocycles. The summed E-state index contributed by atoms with van der Waals surface area (Å²) in [5.41, 5.74) is 1.89. The van der Waals surface area contributed by atoms with E-state index in [2.05, 4.69) is 20.3 Å². The molecule has 0 unspecified atom stereocenters. The largest absolute Gasteiger partial charge is 0.381 e. The Balaban J connectivity index is 1.78. The molecule has 128 valence electrons. The highest BCUT2D eigenvalue weighted by Crippen LogP contribution is 2.27. The Labute approximate surface area is 145 Å². The van der Waals surface area contributed by atoms with E-state index in [1.165, 1.54) is 12.3 Å². The van der Waals surface area contributed by atoms with Gasteiger partial charge in [-0.25, -0.2) is 15.0 Å². The van der Waals surface area contributed by atoms with Gasteiger partial charge in [-0.15, -0.1) is 0 Å². The van der Waals surface area contributed by atoms with Crippen molar-refractivity contribution < 1.29 is 9.13 Å². The van der Waals surface area contributed by atoms with Gasteiger partial charge in [-0.2, -0.15) is 4.39 Å². The van der Waals surface area contributed by atoms with Gasteiger partial charge >= 0.3 is 0 Å². The molecule has 1 aliphatic heterocycles. The Morgan fingerprint density at radius 2 is 2.08 bits per heavy atom. The van der Waals surface area contributed by atoms with Crippen LogP contribution in [0.2, 0.25) is 5.02 Å². The lowest BCUT2D eigenvalue weighted by Crippen LogP contribution is -2.23. The molecular weight excluding hydrogens is 331 g/mol. The van der Waals surface area contributed by atoms with Crippen molar-refractivity contribution >= 4 is 17.4 Å². The smallest absolute Gasteiger partial charge is 0.213 e. The highest BCUT2D eigenvalue weighted by Gasteiger charge is 2.16. The normalized spacial score (nSPS) is 15.5. The number of hydrogen-bond donors (Lipinski definition) is 1. The molecule has 0 aromatic carbocycles. The molecular formula is C17H20ClFN4O. The van der Waals surface area contributed by atoms with Crippen LogP contribution >= 0.6 is 11.6 Å². The molecule has 0 bridgehead atoms. The molecule has 7 heteroatoms. The Morgan fingerprint density at radius 3 is 2.83 bits per heavy atom. The first-order valence-corrected chi connectivity index (χ1v) is 8.54. The minimum absolute atomic E-state index is 0.357. The maximum Gasteiger partial charge on any atom is 0.213 e. The lowest BCUT2D eigenvalue weighted by molar-refractivity contribution is 0.0699. The van der Waals surface area contributed by atoms with E-state index in [1.54, 1.807) is 6.20 Å². The van der Waals surface area contributed by atoms with Crippen molar-refractivity contribution in [3.63, 3.8) is 0 Å². The Kier molecular flexibility index (Phi) is 5.58. The monoisotopic (exact) mass is 350 g/mol. The van der Waals surface area contributed by atoms with Crippen LogP contribution in [0, 0.1) is 11.9 Å². The molecule has 1 N–H and O–H groups in total. The third-order valence-electron chi connectivity index (χ3n) is 4.18. The number of nitrogens with one attached hydrogen (secondary N) is 1. The van der Waals surface area contributed by atoms with E-state index in [0.29, 0.717) is 22.2 Å². The number of anilines is 1. The summed E-state index contributed by atoms with van der Waals surface area (Å²) in [6.45, 7) is 4.52. The number of ether oxygens (including phenoxy) is 1. The van der Waals surface area contributed by atoms with Gasteiger partial charge in [0.15, 0.2) is 0 Å².